The van der Waals surface area contributed by atoms with Crippen LogP contribution in [0.4, 0.5) is 5.69 Å². The zero-order chi connectivity index (χ0) is 20.3. The average molecular weight is 524 g/mol. The van der Waals surface area contributed by atoms with Gasteiger partial charge in [0.05, 0.1) is 12.8 Å². The van der Waals surface area contributed by atoms with Gasteiger partial charge in [0.1, 0.15) is 5.76 Å². The highest BCUT2D eigenvalue weighted by atomic mass is 127. The van der Waals surface area contributed by atoms with Gasteiger partial charge in [-0.1, -0.05) is 31.4 Å². The van der Waals surface area contributed by atoms with Gasteiger partial charge in [-0.15, -0.1) is 24.0 Å². The zero-order valence-corrected chi connectivity index (χ0v) is 20.0. The fourth-order valence-electron chi connectivity index (χ4n) is 3.63. The quantitative estimate of drug-likeness (QED) is 0.266. The molecule has 1 aromatic heterocycles. The minimum atomic E-state index is 0. The summed E-state index contributed by atoms with van der Waals surface area (Å²) in [5, 5.41) is 9.68. The van der Waals surface area contributed by atoms with Crippen molar-refractivity contribution in [2.45, 2.75) is 52.0 Å². The van der Waals surface area contributed by atoms with E-state index in [-0.39, 0.29) is 35.8 Å². The molecule has 0 aliphatic heterocycles. The van der Waals surface area contributed by atoms with Crippen molar-refractivity contribution in [1.29, 1.82) is 0 Å². The molecule has 1 heterocycles. The van der Waals surface area contributed by atoms with Crippen molar-refractivity contribution in [1.82, 2.24) is 10.6 Å². The van der Waals surface area contributed by atoms with Crippen LogP contribution in [0.5, 0.6) is 0 Å². The summed E-state index contributed by atoms with van der Waals surface area (Å²) >= 11 is 0. The summed E-state index contributed by atoms with van der Waals surface area (Å²) in [5.74, 6) is 2.04. The van der Waals surface area contributed by atoms with Crippen LogP contribution in [0.15, 0.2) is 52.1 Å². The Morgan fingerprint density at radius 1 is 1.13 bits per heavy atom. The van der Waals surface area contributed by atoms with Gasteiger partial charge in [0.15, 0.2) is 5.96 Å². The molecule has 6 nitrogen and oxygen atoms in total. The SMILES string of the molecule is CCNC(=NCc1cccc(NC(=O)C2CCCCC2)c1)NCCc1ccco1.I. The number of hydrogen-bond acceptors (Lipinski definition) is 3. The van der Waals surface area contributed by atoms with E-state index in [2.05, 4.69) is 20.9 Å². The second kappa shape index (κ2) is 13.3. The van der Waals surface area contributed by atoms with E-state index in [0.717, 1.165) is 68.2 Å². The smallest absolute Gasteiger partial charge is 0.227 e. The lowest BCUT2D eigenvalue weighted by Gasteiger charge is -2.20. The number of anilines is 1. The van der Waals surface area contributed by atoms with E-state index in [9.17, 15) is 4.79 Å². The number of nitrogens with one attached hydrogen (secondary N) is 3. The van der Waals surface area contributed by atoms with Crippen molar-refractivity contribution < 1.29 is 9.21 Å². The molecular weight excluding hydrogens is 491 g/mol. The molecule has 1 aromatic carbocycles. The van der Waals surface area contributed by atoms with Crippen molar-refractivity contribution >= 4 is 41.5 Å². The van der Waals surface area contributed by atoms with Crippen LogP contribution in [0.1, 0.15) is 50.4 Å². The molecule has 30 heavy (non-hydrogen) atoms. The molecule has 1 amide bonds. The number of guanidine groups is 1. The van der Waals surface area contributed by atoms with Crippen LogP contribution in [0, 0.1) is 5.92 Å². The lowest BCUT2D eigenvalue weighted by Crippen LogP contribution is -2.38. The van der Waals surface area contributed by atoms with E-state index in [1.54, 1.807) is 6.26 Å². The minimum absolute atomic E-state index is 0. The predicted octanol–water partition coefficient (Wildman–Crippen LogP) is 4.71. The number of hydrogen-bond donors (Lipinski definition) is 3. The van der Waals surface area contributed by atoms with E-state index in [1.165, 1.54) is 6.42 Å². The van der Waals surface area contributed by atoms with Crippen molar-refractivity contribution in [2.75, 3.05) is 18.4 Å². The first-order valence-corrected chi connectivity index (χ1v) is 10.7. The van der Waals surface area contributed by atoms with Gasteiger partial charge in [-0.3, -0.25) is 4.79 Å². The molecule has 1 fully saturated rings. The van der Waals surface area contributed by atoms with Gasteiger partial charge in [0.2, 0.25) is 5.91 Å². The van der Waals surface area contributed by atoms with Crippen molar-refractivity contribution in [3.8, 4) is 0 Å². The number of rotatable bonds is 8. The van der Waals surface area contributed by atoms with Crippen LogP contribution in [-0.2, 0) is 17.8 Å². The first-order chi connectivity index (χ1) is 14.2. The van der Waals surface area contributed by atoms with Crippen molar-refractivity contribution in [2.24, 2.45) is 10.9 Å². The van der Waals surface area contributed by atoms with Crippen molar-refractivity contribution in [3.05, 3.63) is 54.0 Å². The summed E-state index contributed by atoms with van der Waals surface area (Å²) in [7, 11) is 0. The van der Waals surface area contributed by atoms with E-state index < -0.39 is 0 Å². The molecule has 1 aliphatic carbocycles. The highest BCUT2D eigenvalue weighted by Crippen LogP contribution is 2.25. The number of benzene rings is 1. The fourth-order valence-corrected chi connectivity index (χ4v) is 3.63. The molecule has 7 heteroatoms. The maximum atomic E-state index is 12.5. The Morgan fingerprint density at radius 3 is 2.70 bits per heavy atom. The van der Waals surface area contributed by atoms with Crippen LogP contribution >= 0.6 is 24.0 Å². The molecule has 0 spiro atoms. The van der Waals surface area contributed by atoms with Crippen LogP contribution < -0.4 is 16.0 Å². The Hall–Kier alpha value is -2.03. The minimum Gasteiger partial charge on any atom is -0.469 e. The molecule has 164 valence electrons. The molecular formula is C23H33IN4O2. The van der Waals surface area contributed by atoms with Gasteiger partial charge in [0, 0.05) is 31.1 Å². The molecule has 0 radical (unpaired) electrons. The Kier molecular flexibility index (Phi) is 10.8. The van der Waals surface area contributed by atoms with E-state index in [4.69, 9.17) is 4.42 Å². The van der Waals surface area contributed by atoms with Crippen LogP contribution in [0.3, 0.4) is 0 Å². The topological polar surface area (TPSA) is 78.7 Å². The Balaban J connectivity index is 0.00000320. The predicted molar refractivity (Wildman–Crippen MR) is 132 cm³/mol. The number of amides is 1. The molecule has 3 rings (SSSR count). The molecule has 2 aromatic rings. The maximum absolute atomic E-state index is 12.5. The Morgan fingerprint density at radius 2 is 1.97 bits per heavy atom. The average Bonchev–Trinajstić information content (AvgIpc) is 3.26. The van der Waals surface area contributed by atoms with Crippen LogP contribution in [0.2, 0.25) is 0 Å². The summed E-state index contributed by atoms with van der Waals surface area (Å²) < 4.78 is 5.36. The normalized spacial score (nSPS) is 14.6. The summed E-state index contributed by atoms with van der Waals surface area (Å²) in [6.07, 6.45) is 8.08. The molecule has 0 saturated heterocycles. The first-order valence-electron chi connectivity index (χ1n) is 10.7. The summed E-state index contributed by atoms with van der Waals surface area (Å²) in [6, 6.07) is 11.8. The van der Waals surface area contributed by atoms with Crippen molar-refractivity contribution in [3.63, 3.8) is 0 Å². The third-order valence-electron chi connectivity index (χ3n) is 5.18. The van der Waals surface area contributed by atoms with Gasteiger partial charge in [0.25, 0.3) is 0 Å². The number of furan rings is 1. The summed E-state index contributed by atoms with van der Waals surface area (Å²) in [4.78, 5) is 17.1. The van der Waals surface area contributed by atoms with E-state index in [1.807, 2.05) is 43.3 Å². The lowest BCUT2D eigenvalue weighted by molar-refractivity contribution is -0.120. The molecule has 1 saturated carbocycles. The lowest BCUT2D eigenvalue weighted by atomic mass is 9.88. The molecule has 0 bridgehead atoms. The number of carbonyl (C=O) groups excluding carboxylic acids is 1. The van der Waals surface area contributed by atoms with Gasteiger partial charge >= 0.3 is 0 Å². The highest BCUT2D eigenvalue weighted by Gasteiger charge is 2.20. The first kappa shape index (κ1) is 24.2. The third-order valence-corrected chi connectivity index (χ3v) is 5.18. The third kappa shape index (κ3) is 8.01. The molecule has 0 atom stereocenters. The zero-order valence-electron chi connectivity index (χ0n) is 17.7. The number of nitrogens with zero attached hydrogens (tertiary/aromatic N) is 1. The van der Waals surface area contributed by atoms with Gasteiger partial charge in [-0.05, 0) is 49.6 Å². The fraction of sp³-hybridized carbons (Fsp3) is 0.478. The van der Waals surface area contributed by atoms with E-state index >= 15 is 0 Å². The number of carbonyl (C=O) groups is 1. The Labute approximate surface area is 196 Å². The molecule has 3 N–H and O–H groups in total. The monoisotopic (exact) mass is 524 g/mol. The second-order valence-corrected chi connectivity index (χ2v) is 7.48. The summed E-state index contributed by atoms with van der Waals surface area (Å²) in [6.45, 7) is 4.13. The Bertz CT molecular complexity index is 786. The van der Waals surface area contributed by atoms with E-state index in [0.29, 0.717) is 6.54 Å². The van der Waals surface area contributed by atoms with Crippen LogP contribution in [-0.4, -0.2) is 25.0 Å². The highest BCUT2D eigenvalue weighted by molar-refractivity contribution is 14.0. The van der Waals surface area contributed by atoms with Gasteiger partial charge < -0.3 is 20.4 Å². The van der Waals surface area contributed by atoms with Gasteiger partial charge in [-0.25, -0.2) is 4.99 Å². The molecule has 1 aliphatic rings. The number of aliphatic imine (C=N–C) groups is 1. The largest absolute Gasteiger partial charge is 0.469 e. The second-order valence-electron chi connectivity index (χ2n) is 7.48. The van der Waals surface area contributed by atoms with Gasteiger partial charge in [-0.2, -0.15) is 0 Å². The molecule has 0 unspecified atom stereocenters. The summed E-state index contributed by atoms with van der Waals surface area (Å²) in [5.41, 5.74) is 1.92. The number of halogens is 1. The maximum Gasteiger partial charge on any atom is 0.227 e. The standard InChI is InChI=1S/C23H32N4O2.HI/c1-2-24-23(25-14-13-21-12-7-15-29-21)26-17-18-8-6-11-20(16-18)27-22(28)19-9-4-3-5-10-19;/h6-8,11-12,15-16,19H,2-5,9-10,13-14,17H2,1H3,(H,27,28)(H2,24,25,26);1H. The van der Waals surface area contributed by atoms with Crippen LogP contribution in [0.25, 0.3) is 0 Å².